The summed E-state index contributed by atoms with van der Waals surface area (Å²) in [7, 11) is 2.67. The number of rotatable bonds is 15. The minimum absolute atomic E-state index is 0.0121. The van der Waals surface area contributed by atoms with Gasteiger partial charge in [-0.05, 0) is 74.3 Å². The summed E-state index contributed by atoms with van der Waals surface area (Å²) in [4.78, 5) is 29.7. The molecular weight excluding hydrogens is 769 g/mol. The summed E-state index contributed by atoms with van der Waals surface area (Å²) in [6.07, 6.45) is 5.21. The maximum atomic E-state index is 12.3. The van der Waals surface area contributed by atoms with Crippen molar-refractivity contribution in [1.82, 2.24) is 0 Å². The molecule has 56 heavy (non-hydrogen) atoms. The highest BCUT2D eigenvalue weighted by atomic mass is 32.2. The summed E-state index contributed by atoms with van der Waals surface area (Å²) in [5.74, 6) is 0.168. The lowest BCUT2D eigenvalue weighted by Crippen LogP contribution is -2.25. The number of thioether (sulfide) groups is 1. The summed E-state index contributed by atoms with van der Waals surface area (Å²) in [5.41, 5.74) is 6.29. The number of aryl methyl sites for hydroxylation is 2. The number of carbonyl (C=O) groups excluding carboxylic acids is 2. The van der Waals surface area contributed by atoms with Gasteiger partial charge in [0.2, 0.25) is 11.8 Å². The smallest absolute Gasteiger partial charge is 0.406 e. The van der Waals surface area contributed by atoms with Gasteiger partial charge in [-0.2, -0.15) is 0 Å². The maximum Gasteiger partial charge on any atom is 0.573 e. The van der Waals surface area contributed by atoms with Crippen LogP contribution in [0.4, 0.5) is 33.3 Å². The molecule has 1 heterocycles. The van der Waals surface area contributed by atoms with Crippen LogP contribution in [0.3, 0.4) is 0 Å². The largest absolute Gasteiger partial charge is 0.573 e. The highest BCUT2D eigenvalue weighted by Crippen LogP contribution is 2.37. The Labute approximate surface area is 334 Å². The molecule has 0 aromatic heterocycles. The number of nitrogens with one attached hydrogen (secondary N) is 1. The third kappa shape index (κ3) is 18.3. The number of hydrogen-bond acceptors (Lipinski definition) is 6. The van der Waals surface area contributed by atoms with Crippen molar-refractivity contribution in [3.63, 3.8) is 0 Å². The highest BCUT2D eigenvalue weighted by Gasteiger charge is 2.31. The van der Waals surface area contributed by atoms with Gasteiger partial charge in [-0.25, -0.2) is 8.78 Å². The Kier molecular flexibility index (Phi) is 21.7. The van der Waals surface area contributed by atoms with E-state index in [1.807, 2.05) is 49.5 Å². The van der Waals surface area contributed by atoms with E-state index >= 15 is 0 Å². The second kappa shape index (κ2) is 25.2. The number of hydrogen-bond donors (Lipinski definition) is 1. The van der Waals surface area contributed by atoms with Gasteiger partial charge in [0.05, 0.1) is 28.8 Å². The molecule has 1 aliphatic heterocycles. The molecule has 2 amide bonds. The zero-order valence-corrected chi connectivity index (χ0v) is 34.8. The molecule has 14 heteroatoms. The molecule has 1 fully saturated rings. The molecule has 1 atom stereocenters. The first-order valence-electron chi connectivity index (χ1n) is 18.4. The van der Waals surface area contributed by atoms with Gasteiger partial charge in [0.1, 0.15) is 12.4 Å². The number of carbonyl (C=O) groups is 2. The van der Waals surface area contributed by atoms with Gasteiger partial charge in [0.15, 0.2) is 0 Å². The Bertz CT molecular complexity index is 1780. The minimum atomic E-state index is -4.60. The van der Waals surface area contributed by atoms with Crippen LogP contribution in [0.1, 0.15) is 88.5 Å². The zero-order chi connectivity index (χ0) is 41.7. The third-order valence-corrected chi connectivity index (χ3v) is 9.11. The monoisotopic (exact) mass is 821 g/mol. The van der Waals surface area contributed by atoms with Crippen molar-refractivity contribution >= 4 is 61.4 Å². The van der Waals surface area contributed by atoms with E-state index < -0.39 is 19.4 Å². The molecule has 0 bridgehead atoms. The van der Waals surface area contributed by atoms with E-state index in [4.69, 9.17) is 4.74 Å². The van der Waals surface area contributed by atoms with Crippen LogP contribution in [0.15, 0.2) is 82.8 Å². The number of anilines is 2. The highest BCUT2D eigenvalue weighted by molar-refractivity contribution is 8.04. The van der Waals surface area contributed by atoms with E-state index in [-0.39, 0.29) is 24.2 Å². The fourth-order valence-corrected chi connectivity index (χ4v) is 6.22. The number of aliphatic imine (C=N–C) groups is 1. The number of nitrogens with zero attached hydrogens (tertiary/aromatic N) is 2. The van der Waals surface area contributed by atoms with Crippen LogP contribution >= 0.6 is 21.0 Å². The number of benzene rings is 3. The Hall–Kier alpha value is -4.06. The quantitative estimate of drug-likeness (QED) is 0.0938. The molecule has 306 valence electrons. The van der Waals surface area contributed by atoms with Crippen LogP contribution in [-0.2, 0) is 20.9 Å². The molecule has 7 nitrogen and oxygen atoms in total. The van der Waals surface area contributed by atoms with E-state index in [2.05, 4.69) is 57.2 Å². The lowest BCUT2D eigenvalue weighted by Gasteiger charge is -2.21. The molecule has 1 N–H and O–H groups in total. The van der Waals surface area contributed by atoms with Crippen LogP contribution in [-0.4, -0.2) is 43.2 Å². The Morgan fingerprint density at radius 3 is 2.21 bits per heavy atom. The van der Waals surface area contributed by atoms with E-state index in [1.165, 1.54) is 30.8 Å². The second-order valence-corrected chi connectivity index (χ2v) is 14.3. The van der Waals surface area contributed by atoms with Gasteiger partial charge < -0.3 is 14.8 Å². The minimum Gasteiger partial charge on any atom is -0.406 e. The molecular formula is C42H53F5N3O4PS. The molecule has 3 aromatic rings. The SMILES string of the molecule is CCC/C=C1/SCC(=O)N1c1cc(C)ccc1COCC(F)F.CCCC=N/C(=C/CCC)c1ccc(NC(C)=O)c(P)c1.Cc1ccc(OC(F)(F)F)cc1. The number of unbranched alkanes of at least 4 members (excludes halogenated alkanes) is 3. The lowest BCUT2D eigenvalue weighted by molar-refractivity contribution is -0.274. The zero-order valence-electron chi connectivity index (χ0n) is 32.8. The van der Waals surface area contributed by atoms with Gasteiger partial charge in [-0.3, -0.25) is 19.5 Å². The third-order valence-electron chi connectivity index (χ3n) is 7.59. The topological polar surface area (TPSA) is 80.2 Å². The Morgan fingerprint density at radius 1 is 0.964 bits per heavy atom. The van der Waals surface area contributed by atoms with Gasteiger partial charge in [0.25, 0.3) is 6.43 Å². The van der Waals surface area contributed by atoms with E-state index in [0.29, 0.717) is 5.75 Å². The predicted molar refractivity (Wildman–Crippen MR) is 224 cm³/mol. The molecule has 4 rings (SSSR count). The molecule has 3 aromatic carbocycles. The summed E-state index contributed by atoms with van der Waals surface area (Å²) in [5, 5.41) is 4.70. The lowest BCUT2D eigenvalue weighted by atomic mass is 10.1. The summed E-state index contributed by atoms with van der Waals surface area (Å²) >= 11 is 1.51. The predicted octanol–water partition coefficient (Wildman–Crippen LogP) is 11.5. The van der Waals surface area contributed by atoms with E-state index in [0.717, 1.165) is 88.2 Å². The first-order valence-corrected chi connectivity index (χ1v) is 20.0. The van der Waals surface area contributed by atoms with Gasteiger partial charge in [0, 0.05) is 30.0 Å². The van der Waals surface area contributed by atoms with Gasteiger partial charge >= 0.3 is 6.36 Å². The van der Waals surface area contributed by atoms with Crippen molar-refractivity contribution in [2.45, 2.75) is 99.5 Å². The molecule has 0 radical (unpaired) electrons. The summed E-state index contributed by atoms with van der Waals surface area (Å²) in [6, 6.07) is 17.3. The molecule has 1 saturated heterocycles. The van der Waals surface area contributed by atoms with Crippen molar-refractivity contribution < 1.29 is 41.0 Å². The van der Waals surface area contributed by atoms with E-state index in [9.17, 15) is 31.5 Å². The van der Waals surface area contributed by atoms with Gasteiger partial charge in [-0.15, -0.1) is 22.4 Å². The molecule has 1 unspecified atom stereocenters. The van der Waals surface area contributed by atoms with Crippen molar-refractivity contribution in [2.24, 2.45) is 4.99 Å². The van der Waals surface area contributed by atoms with E-state index in [1.54, 1.807) is 24.0 Å². The van der Waals surface area contributed by atoms with Crippen molar-refractivity contribution in [1.29, 1.82) is 0 Å². The number of halogens is 5. The fourth-order valence-electron chi connectivity index (χ4n) is 4.90. The molecule has 0 spiro atoms. The first kappa shape index (κ1) is 48.1. The Balaban J connectivity index is 0.000000304. The maximum absolute atomic E-state index is 12.3. The number of alkyl halides is 5. The van der Waals surface area contributed by atoms with Crippen molar-refractivity contribution in [2.75, 3.05) is 22.6 Å². The number of ether oxygens (including phenoxy) is 2. The fraction of sp³-hybridized carbons (Fsp3) is 0.405. The van der Waals surface area contributed by atoms with Crippen LogP contribution < -0.4 is 20.3 Å². The standard InChI is InChI=1S/C17H21F2NO2S.C17H25N2OP.C8H7F3O/c1-3-4-5-17-20(16(21)11-23-17)14-8-12(2)6-7-13(14)9-22-10-15(18)19;1-4-6-8-15(18-11-7-5-2)14-9-10-16(17(21)12-14)19-13(3)20;1-6-2-4-7(5-3-6)12-8(9,10)11/h5-8,15H,3-4,9-11H2,1-2H3;8-12H,4-7,21H2,1-3H3,(H,19,20);2-5H,1H3/b17-5+;15-8+,18-11?;. The number of amides is 2. The van der Waals surface area contributed by atoms with Crippen LogP contribution in [0.5, 0.6) is 5.75 Å². The number of allylic oxidation sites excluding steroid dienone is 2. The second-order valence-electron chi connectivity index (χ2n) is 12.7. The van der Waals surface area contributed by atoms with Crippen LogP contribution in [0.25, 0.3) is 5.70 Å². The van der Waals surface area contributed by atoms with Crippen molar-refractivity contribution in [3.05, 3.63) is 100 Å². The average molecular weight is 822 g/mol. The average Bonchev–Trinajstić information content (AvgIpc) is 3.50. The van der Waals surface area contributed by atoms with Crippen molar-refractivity contribution in [3.8, 4) is 5.75 Å². The van der Waals surface area contributed by atoms with Gasteiger partial charge in [-0.1, -0.05) is 99.8 Å². The van der Waals surface area contributed by atoms with Crippen LogP contribution in [0.2, 0.25) is 0 Å². The first-order chi connectivity index (χ1) is 26.6. The molecule has 0 saturated carbocycles. The molecule has 1 aliphatic rings. The normalized spacial score (nSPS) is 13.8. The Morgan fingerprint density at radius 2 is 1.62 bits per heavy atom. The summed E-state index contributed by atoms with van der Waals surface area (Å²) in [6.45, 7) is 11.1. The van der Waals surface area contributed by atoms with Crippen LogP contribution in [0, 0.1) is 13.8 Å². The summed E-state index contributed by atoms with van der Waals surface area (Å²) < 4.78 is 68.1. The molecule has 0 aliphatic carbocycles.